The summed E-state index contributed by atoms with van der Waals surface area (Å²) in [7, 11) is -9.31. The van der Waals surface area contributed by atoms with Gasteiger partial charge in [0.25, 0.3) is 0 Å². The van der Waals surface area contributed by atoms with Gasteiger partial charge in [-0.15, -0.1) is 0 Å². The molecule has 0 atom stereocenters. The Labute approximate surface area is 133 Å². The van der Waals surface area contributed by atoms with E-state index in [0.717, 1.165) is 0 Å². The minimum absolute atomic E-state index is 0. The van der Waals surface area contributed by atoms with Crippen molar-refractivity contribution in [1.29, 1.82) is 0 Å². The zero-order chi connectivity index (χ0) is 13.5. The van der Waals surface area contributed by atoms with Gasteiger partial charge >= 0.3 is 98.3 Å². The molecule has 12 nitrogen and oxygen atoms in total. The molecule has 96 valence electrons. The van der Waals surface area contributed by atoms with Crippen molar-refractivity contribution >= 4 is 18.2 Å². The molecule has 0 heterocycles. The second kappa shape index (κ2) is 10.4. The first-order chi connectivity index (χ1) is 6.00. The van der Waals surface area contributed by atoms with E-state index in [0.29, 0.717) is 0 Å². The summed E-state index contributed by atoms with van der Waals surface area (Å²) in [4.78, 5) is 21.6. The van der Waals surface area contributed by atoms with E-state index >= 15 is 0 Å². The van der Waals surface area contributed by atoms with E-state index in [4.69, 9.17) is 52.5 Å². The number of hydrogen-bond donors (Lipinski definition) is 5. The molecule has 0 aliphatic rings. The maximum absolute atomic E-state index is 8.88. The van der Waals surface area contributed by atoms with Gasteiger partial charge in [-0.25, -0.2) is 4.57 Å². The third-order valence-electron chi connectivity index (χ3n) is 0. The Bertz CT molecular complexity index is 412. The van der Waals surface area contributed by atoms with Crippen molar-refractivity contribution < 1.29 is 117 Å². The molecule has 0 unspecified atom stereocenters. The van der Waals surface area contributed by atoms with Crippen LogP contribution in [0.4, 0.5) is 0 Å². The zero-order valence-corrected chi connectivity index (χ0v) is 13.3. The Morgan fingerprint density at radius 3 is 1.00 bits per heavy atom. The van der Waals surface area contributed by atoms with Crippen LogP contribution in [0.2, 0.25) is 0 Å². The quantitative estimate of drug-likeness (QED) is 0.155. The molecule has 0 radical (unpaired) electrons. The molecule has 0 aromatic rings. The predicted molar refractivity (Wildman–Crippen MR) is 30.5 cm³/mol. The van der Waals surface area contributed by atoms with Crippen LogP contribution in [0.1, 0.15) is 0 Å². The fraction of sp³-hybridized carbons (Fsp3) is 0. The molecular formula is H5KMnO12PS. The van der Waals surface area contributed by atoms with Gasteiger partial charge in [-0.05, 0) is 0 Å². The summed E-state index contributed by atoms with van der Waals surface area (Å²) in [6.07, 6.45) is 0. The molecule has 0 aliphatic carbocycles. The van der Waals surface area contributed by atoms with Gasteiger partial charge in [-0.1, -0.05) is 0 Å². The monoisotopic (exact) mass is 354 g/mol. The van der Waals surface area contributed by atoms with E-state index in [9.17, 15) is 0 Å². The summed E-state index contributed by atoms with van der Waals surface area (Å²) in [6.45, 7) is 0. The van der Waals surface area contributed by atoms with Gasteiger partial charge in [-0.2, -0.15) is 8.42 Å². The van der Waals surface area contributed by atoms with Crippen LogP contribution < -0.4 is 55.6 Å². The fourth-order valence-electron chi connectivity index (χ4n) is 0. The van der Waals surface area contributed by atoms with Crippen LogP contribution >= 0.6 is 7.82 Å². The molecule has 0 amide bonds. The van der Waals surface area contributed by atoms with Gasteiger partial charge in [0.1, 0.15) is 0 Å². The molecule has 0 aromatic heterocycles. The van der Waals surface area contributed by atoms with Crippen molar-refractivity contribution in [2.75, 3.05) is 0 Å². The first-order valence-corrected chi connectivity index (χ1v) is 6.99. The summed E-state index contributed by atoms with van der Waals surface area (Å²) in [6, 6.07) is 0. The first kappa shape index (κ1) is 26.1. The predicted octanol–water partition coefficient (Wildman–Crippen LogP) is -6.13. The summed E-state index contributed by atoms with van der Waals surface area (Å²) in [5, 5.41) is 0. The standard InChI is InChI=1S/K.Mn.H3O4P.H2O4S.4O/c;;2*1-5(2,3)4;;;;/h;;(H3,1,2,3,4);(H2,1,2,3,4);;;;/q+1;;;;;;;-1. The van der Waals surface area contributed by atoms with Crippen LogP contribution in [0.5, 0.6) is 0 Å². The first-order valence-electron chi connectivity index (χ1n) is 2.10. The molecule has 16 heavy (non-hydrogen) atoms. The topological polar surface area (TPSA) is 227 Å². The van der Waals surface area contributed by atoms with Gasteiger partial charge in [0.15, 0.2) is 0 Å². The summed E-state index contributed by atoms with van der Waals surface area (Å²) in [5.41, 5.74) is 0. The molecule has 0 saturated carbocycles. The van der Waals surface area contributed by atoms with Crippen LogP contribution in [-0.4, -0.2) is 32.2 Å². The third-order valence-corrected chi connectivity index (χ3v) is 0. The molecular weight excluding hydrogens is 349 g/mol. The van der Waals surface area contributed by atoms with E-state index in [1.165, 1.54) is 0 Å². The molecule has 0 aliphatic heterocycles. The molecule has 5 N–H and O–H groups in total. The van der Waals surface area contributed by atoms with Crippen molar-refractivity contribution in [2.24, 2.45) is 0 Å². The minimum atomic E-state index is -5.62. The SMILES string of the molecule is O=P(O)(O)O.O=S(=O)(O)O.[K+].[O]=[Mn](=[O])(=[O])[O-]. The van der Waals surface area contributed by atoms with Gasteiger partial charge in [0.05, 0.1) is 0 Å². The Kier molecular flexibility index (Phi) is 17.0. The van der Waals surface area contributed by atoms with Crippen molar-refractivity contribution in [1.82, 2.24) is 0 Å². The maximum atomic E-state index is 8.88. The molecule has 0 aromatic carbocycles. The molecule has 0 saturated heterocycles. The zero-order valence-electron chi connectivity index (χ0n) is 7.33. The molecule has 0 bridgehead atoms. The number of rotatable bonds is 0. The molecule has 0 rings (SSSR count). The van der Waals surface area contributed by atoms with Crippen LogP contribution in [-0.2, 0) is 39.4 Å². The van der Waals surface area contributed by atoms with Crippen molar-refractivity contribution in [2.45, 2.75) is 0 Å². The Morgan fingerprint density at radius 1 is 1.00 bits per heavy atom. The van der Waals surface area contributed by atoms with Crippen LogP contribution in [0.3, 0.4) is 0 Å². The molecule has 0 fully saturated rings. The van der Waals surface area contributed by atoms with Crippen LogP contribution in [0, 0.1) is 0 Å². The third kappa shape index (κ3) is 1460. The molecule has 0 spiro atoms. The average Bonchev–Trinajstić information content (AvgIpc) is 1.41. The van der Waals surface area contributed by atoms with E-state index < -0.39 is 31.2 Å². The van der Waals surface area contributed by atoms with Gasteiger partial charge in [0, 0.05) is 0 Å². The number of hydrogen-bond acceptors (Lipinski definition) is 7. The Balaban J connectivity index is -0.0000000655. The summed E-state index contributed by atoms with van der Waals surface area (Å²) < 4.78 is 74.8. The average molecular weight is 354 g/mol. The van der Waals surface area contributed by atoms with Crippen molar-refractivity contribution in [3.05, 3.63) is 0 Å². The van der Waals surface area contributed by atoms with E-state index in [2.05, 4.69) is 0 Å². The van der Waals surface area contributed by atoms with Gasteiger partial charge in [0.2, 0.25) is 0 Å². The van der Waals surface area contributed by atoms with Gasteiger partial charge in [-0.3, -0.25) is 9.11 Å². The van der Waals surface area contributed by atoms with E-state index in [-0.39, 0.29) is 51.4 Å². The summed E-state index contributed by atoms with van der Waals surface area (Å²) in [5.74, 6) is 0. The van der Waals surface area contributed by atoms with Gasteiger partial charge < -0.3 is 14.7 Å². The second-order valence-corrected chi connectivity index (χ2v) is 4.44. The Hall–Kier alpha value is 1.50. The van der Waals surface area contributed by atoms with E-state index in [1.54, 1.807) is 0 Å². The molecule has 16 heteroatoms. The van der Waals surface area contributed by atoms with Crippen LogP contribution in [0.25, 0.3) is 0 Å². The van der Waals surface area contributed by atoms with Crippen LogP contribution in [0.15, 0.2) is 0 Å². The van der Waals surface area contributed by atoms with Crippen molar-refractivity contribution in [3.63, 3.8) is 0 Å². The fourth-order valence-corrected chi connectivity index (χ4v) is 0. The number of phosphoric acid groups is 1. The van der Waals surface area contributed by atoms with E-state index in [1.807, 2.05) is 0 Å². The second-order valence-electron chi connectivity index (χ2n) is 1.34. The normalized spacial score (nSPS) is 10.9. The Morgan fingerprint density at radius 2 is 1.00 bits per heavy atom. The van der Waals surface area contributed by atoms with Crippen molar-refractivity contribution in [3.8, 4) is 0 Å². The summed E-state index contributed by atoms with van der Waals surface area (Å²) >= 11 is -5.62.